The number of aliphatic hydroxyl groups is 1. The zero-order chi connectivity index (χ0) is 37.9. The minimum Gasteiger partial charge on any atom is -0.394 e. The number of hydrogen-bond donors (Lipinski definition) is 2. The molecule has 1 aliphatic heterocycles. The van der Waals surface area contributed by atoms with Gasteiger partial charge in [0.1, 0.15) is 18.3 Å². The Morgan fingerprint density at radius 3 is 1.44 bits per heavy atom. The van der Waals surface area contributed by atoms with Crippen molar-refractivity contribution in [1.29, 1.82) is 0 Å². The Kier molecular flexibility index (Phi) is 31.8. The van der Waals surface area contributed by atoms with Gasteiger partial charge in [-0.15, -0.1) is 0 Å². The molecule has 0 saturated heterocycles. The highest BCUT2D eigenvalue weighted by Crippen LogP contribution is 2.04. The highest BCUT2D eigenvalue weighted by Gasteiger charge is 2.23. The lowest BCUT2D eigenvalue weighted by atomic mass is 10.3. The molecule has 3 unspecified atom stereocenters. The van der Waals surface area contributed by atoms with Gasteiger partial charge in [-0.2, -0.15) is 0 Å². The van der Waals surface area contributed by atoms with Crippen LogP contribution in [0.3, 0.4) is 0 Å². The Morgan fingerprint density at radius 1 is 0.596 bits per heavy atom. The molecule has 3 amide bonds. The largest absolute Gasteiger partial charge is 0.394 e. The molecule has 304 valence electrons. The van der Waals surface area contributed by atoms with Gasteiger partial charge in [-0.3, -0.25) is 19.3 Å². The molecule has 52 heavy (non-hydrogen) atoms. The number of carbonyl (C=O) groups is 3. The molecule has 1 aliphatic rings. The van der Waals surface area contributed by atoms with Gasteiger partial charge in [-0.1, -0.05) is 0 Å². The summed E-state index contributed by atoms with van der Waals surface area (Å²) >= 11 is 0. The fourth-order valence-electron chi connectivity index (χ4n) is 4.27. The maximum atomic E-state index is 12.1. The summed E-state index contributed by atoms with van der Waals surface area (Å²) in [5, 5.41) is 11.9. The molecular weight excluding hydrogens is 692 g/mol. The summed E-state index contributed by atoms with van der Waals surface area (Å²) in [7, 11) is 4.81. The molecule has 18 nitrogen and oxygen atoms in total. The predicted molar refractivity (Wildman–Crippen MR) is 185 cm³/mol. The molecule has 0 saturated carbocycles. The molecule has 0 aliphatic carbocycles. The number of amides is 3. The van der Waals surface area contributed by atoms with Gasteiger partial charge in [0, 0.05) is 59.6 Å². The lowest BCUT2D eigenvalue weighted by Crippen LogP contribution is -2.35. The van der Waals surface area contributed by atoms with Gasteiger partial charge >= 0.3 is 0 Å². The average Bonchev–Trinajstić information content (AvgIpc) is 3.47. The van der Waals surface area contributed by atoms with Crippen LogP contribution in [0.4, 0.5) is 0 Å². The number of aliphatic hydroxyl groups excluding tert-OH is 1. The molecule has 0 fully saturated rings. The fourth-order valence-corrected chi connectivity index (χ4v) is 4.27. The van der Waals surface area contributed by atoms with Crippen molar-refractivity contribution in [3.63, 3.8) is 0 Å². The Hall–Kier alpha value is -2.17. The number of carbonyl (C=O) groups excluding carboxylic acids is 3. The maximum absolute atomic E-state index is 12.1. The third kappa shape index (κ3) is 26.6. The van der Waals surface area contributed by atoms with Crippen LogP contribution >= 0.6 is 0 Å². The molecule has 0 bridgehead atoms. The number of hydrogen-bond acceptors (Lipinski definition) is 16. The summed E-state index contributed by atoms with van der Waals surface area (Å²) in [6.07, 6.45) is 1.93. The first-order chi connectivity index (χ1) is 25.4. The Labute approximate surface area is 307 Å². The molecule has 18 heteroatoms. The second kappa shape index (κ2) is 34.6. The molecule has 0 aromatic heterocycles. The quantitative estimate of drug-likeness (QED) is 0.0572. The van der Waals surface area contributed by atoms with E-state index in [-0.39, 0.29) is 77.3 Å². The van der Waals surface area contributed by atoms with Crippen molar-refractivity contribution in [1.82, 2.24) is 10.2 Å². The molecule has 0 aromatic rings. The van der Waals surface area contributed by atoms with E-state index in [0.29, 0.717) is 92.2 Å². The van der Waals surface area contributed by atoms with Crippen molar-refractivity contribution in [2.24, 2.45) is 0 Å². The third-order valence-electron chi connectivity index (χ3n) is 6.98. The number of rotatable bonds is 39. The van der Waals surface area contributed by atoms with E-state index in [0.717, 1.165) is 4.90 Å². The van der Waals surface area contributed by atoms with Crippen molar-refractivity contribution in [2.75, 3.05) is 160 Å². The SMILES string of the molecule is COCCOCC(COCCOC(COCCCNC(=O)CCN1C(=O)C=CC1=O)COCCOCC(COCCOC)OCCOC)OCCO. The van der Waals surface area contributed by atoms with Crippen LogP contribution in [0.15, 0.2) is 12.2 Å². The minimum absolute atomic E-state index is 0.0257. The summed E-state index contributed by atoms with van der Waals surface area (Å²) in [6, 6.07) is 0. The van der Waals surface area contributed by atoms with Crippen molar-refractivity contribution in [3.05, 3.63) is 12.2 Å². The summed E-state index contributed by atoms with van der Waals surface area (Å²) in [5.74, 6) is -1.09. The zero-order valence-corrected chi connectivity index (χ0v) is 31.2. The molecule has 1 heterocycles. The zero-order valence-electron chi connectivity index (χ0n) is 31.2. The molecule has 0 radical (unpaired) electrons. The van der Waals surface area contributed by atoms with E-state index in [1.165, 1.54) is 12.2 Å². The maximum Gasteiger partial charge on any atom is 0.253 e. The number of methoxy groups -OCH3 is 3. The second-order valence-corrected chi connectivity index (χ2v) is 11.2. The van der Waals surface area contributed by atoms with Crippen molar-refractivity contribution >= 4 is 17.7 Å². The summed E-state index contributed by atoms with van der Waals surface area (Å²) < 4.78 is 66.6. The smallest absolute Gasteiger partial charge is 0.253 e. The van der Waals surface area contributed by atoms with E-state index in [1.54, 1.807) is 21.3 Å². The van der Waals surface area contributed by atoms with Crippen LogP contribution in [0.25, 0.3) is 0 Å². The van der Waals surface area contributed by atoms with E-state index in [4.69, 9.17) is 61.9 Å². The van der Waals surface area contributed by atoms with E-state index in [2.05, 4.69) is 5.32 Å². The normalized spacial score (nSPS) is 14.7. The lowest BCUT2D eigenvalue weighted by molar-refractivity contribution is -0.137. The first-order valence-corrected chi connectivity index (χ1v) is 17.6. The molecule has 3 atom stereocenters. The molecule has 0 spiro atoms. The van der Waals surface area contributed by atoms with Crippen LogP contribution in [-0.2, 0) is 71.2 Å². The predicted octanol–water partition coefficient (Wildman–Crippen LogP) is -1.01. The standard InChI is InChI=1S/C34H62N2O16/c1-41-13-16-45-24-29(50-12-10-37)25-49-20-22-52-30(23-44-11-4-8-35-32(38)7-9-36-33(39)5-6-34(36)40)27-47-18-19-48-28-31(51-21-15-43-3)26-46-17-14-42-2/h5-6,29-31,37H,4,7-28H2,1-3H3,(H,35,38). The van der Waals surface area contributed by atoms with Crippen LogP contribution in [0.1, 0.15) is 12.8 Å². The highest BCUT2D eigenvalue weighted by molar-refractivity contribution is 6.13. The lowest BCUT2D eigenvalue weighted by Gasteiger charge is -2.20. The Bertz CT molecular complexity index is 897. The summed E-state index contributed by atoms with van der Waals surface area (Å²) in [5.41, 5.74) is 0. The number of ether oxygens (including phenoxy) is 12. The molecule has 2 N–H and O–H groups in total. The highest BCUT2D eigenvalue weighted by atomic mass is 16.6. The van der Waals surface area contributed by atoms with Gasteiger partial charge in [0.25, 0.3) is 11.8 Å². The van der Waals surface area contributed by atoms with Gasteiger partial charge in [0.05, 0.1) is 119 Å². The van der Waals surface area contributed by atoms with Gasteiger partial charge in [0.2, 0.25) is 5.91 Å². The molecular formula is C34H62N2O16. The van der Waals surface area contributed by atoms with Gasteiger partial charge in [0.15, 0.2) is 0 Å². The van der Waals surface area contributed by atoms with E-state index in [1.807, 2.05) is 0 Å². The van der Waals surface area contributed by atoms with Crippen LogP contribution in [0.2, 0.25) is 0 Å². The molecule has 0 aromatic carbocycles. The number of nitrogens with zero attached hydrogens (tertiary/aromatic N) is 1. The summed E-state index contributed by atoms with van der Waals surface area (Å²) in [4.78, 5) is 36.4. The minimum atomic E-state index is -0.415. The van der Waals surface area contributed by atoms with Crippen molar-refractivity contribution < 1.29 is 76.3 Å². The van der Waals surface area contributed by atoms with Crippen molar-refractivity contribution in [3.8, 4) is 0 Å². The molecule has 1 rings (SSSR count). The first kappa shape index (κ1) is 47.9. The van der Waals surface area contributed by atoms with E-state index < -0.39 is 17.9 Å². The van der Waals surface area contributed by atoms with Crippen molar-refractivity contribution in [2.45, 2.75) is 31.2 Å². The third-order valence-corrected chi connectivity index (χ3v) is 6.98. The van der Waals surface area contributed by atoms with Gasteiger partial charge in [-0.05, 0) is 6.42 Å². The van der Waals surface area contributed by atoms with Crippen LogP contribution in [-0.4, -0.2) is 206 Å². The van der Waals surface area contributed by atoms with Crippen LogP contribution in [0.5, 0.6) is 0 Å². The van der Waals surface area contributed by atoms with Crippen LogP contribution in [0, 0.1) is 0 Å². The number of nitrogens with one attached hydrogen (secondary N) is 1. The van der Waals surface area contributed by atoms with Crippen LogP contribution < -0.4 is 5.32 Å². The Balaban J connectivity index is 2.43. The van der Waals surface area contributed by atoms with Gasteiger partial charge in [-0.25, -0.2) is 0 Å². The fraction of sp³-hybridized carbons (Fsp3) is 0.853. The summed E-state index contributed by atoms with van der Waals surface area (Å²) in [6.45, 7) is 6.45. The van der Waals surface area contributed by atoms with E-state index >= 15 is 0 Å². The topological polar surface area (TPSA) is 197 Å². The monoisotopic (exact) mass is 754 g/mol. The Morgan fingerprint density at radius 2 is 0.981 bits per heavy atom. The van der Waals surface area contributed by atoms with E-state index in [9.17, 15) is 14.4 Å². The first-order valence-electron chi connectivity index (χ1n) is 17.6. The second-order valence-electron chi connectivity index (χ2n) is 11.2. The van der Waals surface area contributed by atoms with Gasteiger partial charge < -0.3 is 67.3 Å². The average molecular weight is 755 g/mol. The number of imide groups is 1.